The smallest absolute Gasteiger partial charge is 0.405 e. The van der Waals surface area contributed by atoms with Crippen molar-refractivity contribution in [1.29, 1.82) is 0 Å². The number of nitrogens with one attached hydrogen (secondary N) is 1. The van der Waals surface area contributed by atoms with Crippen molar-refractivity contribution >= 4 is 11.6 Å². The first-order valence-corrected chi connectivity index (χ1v) is 5.51. The van der Waals surface area contributed by atoms with E-state index in [9.17, 15) is 28.1 Å². The van der Waals surface area contributed by atoms with Gasteiger partial charge in [-0.1, -0.05) is 0 Å². The lowest BCUT2D eigenvalue weighted by Gasteiger charge is -2.11. The maximum absolute atomic E-state index is 11.9. The summed E-state index contributed by atoms with van der Waals surface area (Å²) in [6.07, 6.45) is -4.53. The van der Waals surface area contributed by atoms with Crippen LogP contribution in [0.15, 0.2) is 18.2 Å². The Morgan fingerprint density at radius 3 is 2.57 bits per heavy atom. The maximum atomic E-state index is 11.9. The molecular weight excluding hydrogens is 297 g/mol. The lowest BCUT2D eigenvalue weighted by molar-refractivity contribution is -0.385. The van der Waals surface area contributed by atoms with E-state index in [1.807, 2.05) is 0 Å². The third-order valence-electron chi connectivity index (χ3n) is 2.20. The molecule has 0 bridgehead atoms. The van der Waals surface area contributed by atoms with Gasteiger partial charge in [0.05, 0.1) is 18.1 Å². The van der Waals surface area contributed by atoms with Crippen molar-refractivity contribution in [3.63, 3.8) is 0 Å². The molecule has 0 spiro atoms. The van der Waals surface area contributed by atoms with Gasteiger partial charge in [0, 0.05) is 6.07 Å². The Morgan fingerprint density at radius 1 is 1.38 bits per heavy atom. The van der Waals surface area contributed by atoms with Crippen LogP contribution < -0.4 is 14.8 Å². The van der Waals surface area contributed by atoms with Crippen LogP contribution in [0.25, 0.3) is 0 Å². The summed E-state index contributed by atoms with van der Waals surface area (Å²) >= 11 is 0. The average molecular weight is 308 g/mol. The molecule has 0 radical (unpaired) electrons. The Kier molecular flexibility index (Phi) is 5.33. The fraction of sp³-hybridized carbons (Fsp3) is 0.364. The topological polar surface area (TPSA) is 90.7 Å². The number of halogens is 3. The summed E-state index contributed by atoms with van der Waals surface area (Å²) in [5, 5.41) is 12.2. The molecule has 0 aliphatic heterocycles. The summed E-state index contributed by atoms with van der Waals surface area (Å²) in [6.45, 7) is -2.21. The Morgan fingerprint density at radius 2 is 2.05 bits per heavy atom. The fourth-order valence-electron chi connectivity index (χ4n) is 1.28. The van der Waals surface area contributed by atoms with Crippen LogP contribution in [0.5, 0.6) is 11.5 Å². The molecular formula is C11H11F3N2O5. The molecule has 0 aliphatic rings. The number of hydrogen-bond donors (Lipinski definition) is 1. The van der Waals surface area contributed by atoms with E-state index in [4.69, 9.17) is 9.47 Å². The molecule has 0 aliphatic carbocycles. The highest BCUT2D eigenvalue weighted by atomic mass is 19.4. The number of nitrogens with zero attached hydrogens (tertiary/aromatic N) is 1. The number of carbonyl (C=O) groups excluding carboxylic acids is 1. The van der Waals surface area contributed by atoms with Crippen LogP contribution >= 0.6 is 0 Å². The molecule has 0 aromatic heterocycles. The molecule has 0 heterocycles. The number of carbonyl (C=O) groups is 1. The van der Waals surface area contributed by atoms with Crippen molar-refractivity contribution in [3.8, 4) is 11.5 Å². The molecule has 0 saturated carbocycles. The summed E-state index contributed by atoms with van der Waals surface area (Å²) in [7, 11) is 1.28. The highest BCUT2D eigenvalue weighted by molar-refractivity contribution is 5.77. The molecule has 0 unspecified atom stereocenters. The van der Waals surface area contributed by atoms with Crippen molar-refractivity contribution < 1.29 is 32.4 Å². The van der Waals surface area contributed by atoms with Gasteiger partial charge in [0.2, 0.25) is 0 Å². The van der Waals surface area contributed by atoms with Gasteiger partial charge in [0.15, 0.2) is 18.1 Å². The minimum atomic E-state index is -4.53. The first kappa shape index (κ1) is 16.5. The van der Waals surface area contributed by atoms with E-state index in [-0.39, 0.29) is 17.2 Å². The average Bonchev–Trinajstić information content (AvgIpc) is 2.41. The van der Waals surface area contributed by atoms with Crippen LogP contribution in [0, 0.1) is 10.1 Å². The number of amides is 1. The van der Waals surface area contributed by atoms with Crippen molar-refractivity contribution in [1.82, 2.24) is 5.32 Å². The number of hydrogen-bond acceptors (Lipinski definition) is 5. The van der Waals surface area contributed by atoms with Gasteiger partial charge >= 0.3 is 6.18 Å². The summed E-state index contributed by atoms with van der Waals surface area (Å²) in [6, 6.07) is 3.42. The molecule has 7 nitrogen and oxygen atoms in total. The number of alkyl halides is 3. The number of ether oxygens (including phenoxy) is 2. The van der Waals surface area contributed by atoms with E-state index in [0.29, 0.717) is 0 Å². The third kappa shape index (κ3) is 5.55. The van der Waals surface area contributed by atoms with Crippen molar-refractivity contribution in [2.75, 3.05) is 20.3 Å². The largest absolute Gasteiger partial charge is 0.493 e. The maximum Gasteiger partial charge on any atom is 0.405 e. The van der Waals surface area contributed by atoms with Gasteiger partial charge in [-0.3, -0.25) is 14.9 Å². The third-order valence-corrected chi connectivity index (χ3v) is 2.20. The first-order valence-electron chi connectivity index (χ1n) is 5.51. The zero-order valence-electron chi connectivity index (χ0n) is 10.8. The monoisotopic (exact) mass is 308 g/mol. The molecule has 0 fully saturated rings. The van der Waals surface area contributed by atoms with E-state index in [1.165, 1.54) is 13.2 Å². The number of benzene rings is 1. The molecule has 116 valence electrons. The lowest BCUT2D eigenvalue weighted by atomic mass is 10.3. The van der Waals surface area contributed by atoms with Crippen LogP contribution in [0.1, 0.15) is 0 Å². The predicted molar refractivity (Wildman–Crippen MR) is 64.2 cm³/mol. The molecule has 0 saturated heterocycles. The van der Waals surface area contributed by atoms with Gasteiger partial charge in [-0.25, -0.2) is 0 Å². The van der Waals surface area contributed by atoms with Crippen LogP contribution in [0.3, 0.4) is 0 Å². The van der Waals surface area contributed by atoms with Crippen LogP contribution in [-0.4, -0.2) is 37.3 Å². The van der Waals surface area contributed by atoms with E-state index < -0.39 is 30.2 Å². The summed E-state index contributed by atoms with van der Waals surface area (Å²) < 4.78 is 45.5. The molecule has 1 amide bonds. The van der Waals surface area contributed by atoms with Crippen molar-refractivity contribution in [2.24, 2.45) is 0 Å². The predicted octanol–water partition coefficient (Wildman–Crippen LogP) is 1.66. The number of non-ortho nitro benzene ring substituents is 1. The van der Waals surface area contributed by atoms with Crippen molar-refractivity contribution in [3.05, 3.63) is 28.3 Å². The summed E-state index contributed by atoms with van der Waals surface area (Å²) in [5.74, 6) is -1.01. The van der Waals surface area contributed by atoms with Gasteiger partial charge in [0.25, 0.3) is 11.6 Å². The van der Waals surface area contributed by atoms with Gasteiger partial charge in [-0.15, -0.1) is 0 Å². The SMILES string of the molecule is COc1ccc([N+](=O)[O-])cc1OCC(=O)NCC(F)(F)F. The molecule has 1 N–H and O–H groups in total. The Balaban J connectivity index is 2.67. The number of rotatable bonds is 6. The lowest BCUT2D eigenvalue weighted by Crippen LogP contribution is -2.36. The molecule has 1 rings (SSSR count). The van der Waals surface area contributed by atoms with E-state index >= 15 is 0 Å². The van der Waals surface area contributed by atoms with E-state index in [2.05, 4.69) is 0 Å². The van der Waals surface area contributed by atoms with Crippen LogP contribution in [-0.2, 0) is 4.79 Å². The molecule has 1 aromatic rings. The summed E-state index contributed by atoms with van der Waals surface area (Å²) in [4.78, 5) is 21.1. The number of methoxy groups -OCH3 is 1. The van der Waals surface area contributed by atoms with Gasteiger partial charge in [-0.2, -0.15) is 13.2 Å². The zero-order chi connectivity index (χ0) is 16.0. The molecule has 21 heavy (non-hydrogen) atoms. The molecule has 1 aromatic carbocycles. The van der Waals surface area contributed by atoms with E-state index in [1.54, 1.807) is 5.32 Å². The Hall–Kier alpha value is -2.52. The van der Waals surface area contributed by atoms with Crippen molar-refractivity contribution in [2.45, 2.75) is 6.18 Å². The molecule has 0 atom stereocenters. The van der Waals surface area contributed by atoms with E-state index in [0.717, 1.165) is 12.1 Å². The number of nitro groups is 1. The second-order valence-corrected chi connectivity index (χ2v) is 3.77. The normalized spacial score (nSPS) is 10.9. The second kappa shape index (κ2) is 6.77. The summed E-state index contributed by atoms with van der Waals surface area (Å²) in [5.41, 5.74) is -0.304. The standard InChI is InChI=1S/C11H11F3N2O5/c1-20-8-3-2-7(16(18)19)4-9(8)21-5-10(17)15-6-11(12,13)14/h2-4H,5-6H2,1H3,(H,15,17). The highest BCUT2D eigenvalue weighted by Crippen LogP contribution is 2.30. The fourth-order valence-corrected chi connectivity index (χ4v) is 1.28. The van der Waals surface area contributed by atoms with Gasteiger partial charge in [-0.05, 0) is 6.07 Å². The minimum Gasteiger partial charge on any atom is -0.493 e. The first-order chi connectivity index (χ1) is 9.73. The second-order valence-electron chi connectivity index (χ2n) is 3.77. The van der Waals surface area contributed by atoms with Crippen LogP contribution in [0.2, 0.25) is 0 Å². The van der Waals surface area contributed by atoms with Gasteiger partial charge < -0.3 is 14.8 Å². The van der Waals surface area contributed by atoms with Crippen LogP contribution in [0.4, 0.5) is 18.9 Å². The minimum absolute atomic E-state index is 0.115. The Bertz CT molecular complexity index is 533. The molecule has 10 heteroatoms. The van der Waals surface area contributed by atoms with Gasteiger partial charge in [0.1, 0.15) is 6.54 Å². The quantitative estimate of drug-likeness (QED) is 0.637. The zero-order valence-corrected chi connectivity index (χ0v) is 10.8. The highest BCUT2D eigenvalue weighted by Gasteiger charge is 2.27. The Labute approximate surface area is 116 Å². The number of nitro benzene ring substituents is 1.